The fourth-order valence-electron chi connectivity index (χ4n) is 1.50. The van der Waals surface area contributed by atoms with Gasteiger partial charge in [-0.15, -0.1) is 0 Å². The van der Waals surface area contributed by atoms with Crippen molar-refractivity contribution in [3.05, 3.63) is 36.4 Å². The second kappa shape index (κ2) is 3.18. The fourth-order valence-corrected chi connectivity index (χ4v) is 1.50. The Morgan fingerprint density at radius 2 is 2.38 bits per heavy atom. The van der Waals surface area contributed by atoms with Gasteiger partial charge in [0, 0.05) is 18.2 Å². The number of hydrogen-bond donors (Lipinski definition) is 1. The lowest BCUT2D eigenvalue weighted by molar-refractivity contribution is 0.714. The lowest BCUT2D eigenvalue weighted by atomic mass is 10.2. The van der Waals surface area contributed by atoms with Gasteiger partial charge >= 0.3 is 0 Å². The van der Waals surface area contributed by atoms with Gasteiger partial charge in [0.05, 0.1) is 18.0 Å². The van der Waals surface area contributed by atoms with E-state index in [0.29, 0.717) is 0 Å². The maximum absolute atomic E-state index is 5.75. The minimum Gasteiger partial charge on any atom is -0.328 e. The van der Waals surface area contributed by atoms with Crippen molar-refractivity contribution in [2.24, 2.45) is 5.73 Å². The summed E-state index contributed by atoms with van der Waals surface area (Å²) in [6.45, 7) is 2.01. The van der Waals surface area contributed by atoms with Crippen molar-refractivity contribution in [2.75, 3.05) is 0 Å². The molecule has 0 amide bonds. The van der Waals surface area contributed by atoms with E-state index in [9.17, 15) is 0 Å². The standard InChI is InChI=1S/C10H13N3/c1-8(11)5-9-3-2-4-10-6-12-7-13(9)10/h2-4,6-8H,5,11H2,1H3. The molecule has 0 saturated heterocycles. The summed E-state index contributed by atoms with van der Waals surface area (Å²) in [6.07, 6.45) is 4.56. The molecular formula is C10H13N3. The first kappa shape index (κ1) is 8.26. The van der Waals surface area contributed by atoms with Crippen LogP contribution >= 0.6 is 0 Å². The Morgan fingerprint density at radius 1 is 1.54 bits per heavy atom. The maximum Gasteiger partial charge on any atom is 0.0994 e. The molecule has 68 valence electrons. The third-order valence-electron chi connectivity index (χ3n) is 2.06. The highest BCUT2D eigenvalue weighted by Gasteiger charge is 2.02. The van der Waals surface area contributed by atoms with Gasteiger partial charge in [-0.2, -0.15) is 0 Å². The zero-order valence-corrected chi connectivity index (χ0v) is 7.64. The first-order chi connectivity index (χ1) is 6.27. The highest BCUT2D eigenvalue weighted by atomic mass is 15.0. The van der Waals surface area contributed by atoms with Gasteiger partial charge in [0.2, 0.25) is 0 Å². The topological polar surface area (TPSA) is 43.3 Å². The predicted molar refractivity (Wildman–Crippen MR) is 52.5 cm³/mol. The van der Waals surface area contributed by atoms with E-state index in [1.807, 2.05) is 31.6 Å². The normalized spacial score (nSPS) is 13.4. The minimum absolute atomic E-state index is 0.188. The molecule has 2 heterocycles. The monoisotopic (exact) mass is 175 g/mol. The fraction of sp³-hybridized carbons (Fsp3) is 0.300. The average molecular weight is 175 g/mol. The molecule has 0 aliphatic heterocycles. The summed E-state index contributed by atoms with van der Waals surface area (Å²) >= 11 is 0. The summed E-state index contributed by atoms with van der Waals surface area (Å²) in [5.41, 5.74) is 8.09. The number of nitrogens with two attached hydrogens (primary N) is 1. The molecule has 0 aliphatic carbocycles. The molecule has 0 spiro atoms. The van der Waals surface area contributed by atoms with E-state index in [1.165, 1.54) is 5.69 Å². The van der Waals surface area contributed by atoms with Crippen LogP contribution in [0.4, 0.5) is 0 Å². The van der Waals surface area contributed by atoms with Crippen molar-refractivity contribution < 1.29 is 0 Å². The molecule has 0 fully saturated rings. The van der Waals surface area contributed by atoms with Crippen molar-refractivity contribution in [3.8, 4) is 0 Å². The third-order valence-corrected chi connectivity index (χ3v) is 2.06. The summed E-state index contributed by atoms with van der Waals surface area (Å²) < 4.78 is 2.07. The smallest absolute Gasteiger partial charge is 0.0994 e. The number of imidazole rings is 1. The highest BCUT2D eigenvalue weighted by molar-refractivity contribution is 5.45. The second-order valence-corrected chi connectivity index (χ2v) is 3.39. The minimum atomic E-state index is 0.188. The summed E-state index contributed by atoms with van der Waals surface area (Å²) in [4.78, 5) is 4.09. The molecule has 2 aromatic heterocycles. The molecule has 0 aromatic carbocycles. The van der Waals surface area contributed by atoms with E-state index >= 15 is 0 Å². The zero-order chi connectivity index (χ0) is 9.26. The van der Waals surface area contributed by atoms with Gasteiger partial charge in [-0.3, -0.25) is 0 Å². The van der Waals surface area contributed by atoms with E-state index in [0.717, 1.165) is 11.9 Å². The van der Waals surface area contributed by atoms with Crippen LogP contribution in [0, 0.1) is 0 Å². The van der Waals surface area contributed by atoms with Gasteiger partial charge < -0.3 is 10.1 Å². The van der Waals surface area contributed by atoms with E-state index in [2.05, 4.69) is 15.5 Å². The molecule has 0 radical (unpaired) electrons. The molecule has 0 aliphatic rings. The first-order valence-corrected chi connectivity index (χ1v) is 4.43. The van der Waals surface area contributed by atoms with Crippen LogP contribution in [0.5, 0.6) is 0 Å². The molecule has 1 unspecified atom stereocenters. The summed E-state index contributed by atoms with van der Waals surface area (Å²) in [7, 11) is 0. The Hall–Kier alpha value is -1.35. The molecule has 1 atom stereocenters. The van der Waals surface area contributed by atoms with Crippen LogP contribution in [0.3, 0.4) is 0 Å². The third kappa shape index (κ3) is 1.55. The van der Waals surface area contributed by atoms with Crippen LogP contribution in [0.25, 0.3) is 5.52 Å². The lowest BCUT2D eigenvalue weighted by Crippen LogP contribution is -2.19. The number of hydrogen-bond acceptors (Lipinski definition) is 2. The van der Waals surface area contributed by atoms with Gasteiger partial charge in [0.1, 0.15) is 0 Å². The van der Waals surface area contributed by atoms with Crippen LogP contribution in [-0.4, -0.2) is 15.4 Å². The van der Waals surface area contributed by atoms with Crippen molar-refractivity contribution in [1.82, 2.24) is 9.38 Å². The Balaban J connectivity index is 2.48. The highest BCUT2D eigenvalue weighted by Crippen LogP contribution is 2.08. The molecule has 0 saturated carbocycles. The Kier molecular flexibility index (Phi) is 2.02. The van der Waals surface area contributed by atoms with Gasteiger partial charge in [-0.25, -0.2) is 4.98 Å². The van der Waals surface area contributed by atoms with Crippen molar-refractivity contribution in [3.63, 3.8) is 0 Å². The Labute approximate surface area is 77.2 Å². The van der Waals surface area contributed by atoms with Crippen molar-refractivity contribution >= 4 is 5.52 Å². The van der Waals surface area contributed by atoms with Gasteiger partial charge in [0.25, 0.3) is 0 Å². The van der Waals surface area contributed by atoms with Gasteiger partial charge in [-0.05, 0) is 19.1 Å². The second-order valence-electron chi connectivity index (χ2n) is 3.39. The molecule has 3 nitrogen and oxygen atoms in total. The SMILES string of the molecule is CC(N)Cc1cccc2cncn12. The van der Waals surface area contributed by atoms with Crippen LogP contribution in [0.15, 0.2) is 30.7 Å². The van der Waals surface area contributed by atoms with Crippen molar-refractivity contribution in [2.45, 2.75) is 19.4 Å². The molecule has 2 N–H and O–H groups in total. The van der Waals surface area contributed by atoms with Gasteiger partial charge in [0.15, 0.2) is 0 Å². The molecule has 0 bridgehead atoms. The number of aromatic nitrogens is 2. The van der Waals surface area contributed by atoms with E-state index < -0.39 is 0 Å². The van der Waals surface area contributed by atoms with Crippen LogP contribution in [0.2, 0.25) is 0 Å². The molecule has 2 rings (SSSR count). The van der Waals surface area contributed by atoms with Crippen LogP contribution < -0.4 is 5.73 Å². The quantitative estimate of drug-likeness (QED) is 0.745. The average Bonchev–Trinajstić information content (AvgIpc) is 2.51. The van der Waals surface area contributed by atoms with E-state index in [4.69, 9.17) is 5.73 Å². The van der Waals surface area contributed by atoms with Gasteiger partial charge in [-0.1, -0.05) is 6.07 Å². The predicted octanol–water partition coefficient (Wildman–Crippen LogP) is 1.22. The van der Waals surface area contributed by atoms with Crippen molar-refractivity contribution in [1.29, 1.82) is 0 Å². The van der Waals surface area contributed by atoms with Crippen LogP contribution in [-0.2, 0) is 6.42 Å². The number of rotatable bonds is 2. The number of nitrogens with zero attached hydrogens (tertiary/aromatic N) is 2. The Morgan fingerprint density at radius 3 is 3.15 bits per heavy atom. The van der Waals surface area contributed by atoms with Crippen LogP contribution in [0.1, 0.15) is 12.6 Å². The summed E-state index contributed by atoms with van der Waals surface area (Å²) in [5.74, 6) is 0. The van der Waals surface area contributed by atoms with E-state index in [-0.39, 0.29) is 6.04 Å². The number of fused-ring (bicyclic) bond motifs is 1. The maximum atomic E-state index is 5.75. The molecule has 3 heteroatoms. The zero-order valence-electron chi connectivity index (χ0n) is 7.64. The molecule has 2 aromatic rings. The molecule has 13 heavy (non-hydrogen) atoms. The summed E-state index contributed by atoms with van der Waals surface area (Å²) in [6, 6.07) is 6.35. The van der Waals surface area contributed by atoms with E-state index in [1.54, 1.807) is 0 Å². The molecular weight excluding hydrogens is 162 g/mol. The largest absolute Gasteiger partial charge is 0.328 e. The first-order valence-electron chi connectivity index (χ1n) is 4.43. The Bertz CT molecular complexity index is 403. The number of pyridine rings is 1. The lowest BCUT2D eigenvalue weighted by Gasteiger charge is -2.07. The summed E-state index contributed by atoms with van der Waals surface area (Å²) in [5, 5.41) is 0.